The molecule has 0 aliphatic carbocycles. The van der Waals surface area contributed by atoms with Crippen molar-refractivity contribution in [1.82, 2.24) is 15.1 Å². The lowest BCUT2D eigenvalue weighted by molar-refractivity contribution is -0.136. The number of rotatable bonds is 2. The molecule has 2 atom stereocenters. The summed E-state index contributed by atoms with van der Waals surface area (Å²) >= 11 is 6.52. The summed E-state index contributed by atoms with van der Waals surface area (Å²) in [7, 11) is 0. The van der Waals surface area contributed by atoms with Crippen LogP contribution in [-0.2, 0) is 16.1 Å². The van der Waals surface area contributed by atoms with Crippen LogP contribution in [0.25, 0.3) is 0 Å². The highest BCUT2D eigenvalue weighted by Crippen LogP contribution is 2.37. The molecule has 3 aliphatic rings. The first-order valence-corrected chi connectivity index (χ1v) is 11.1. The molecule has 32 heavy (non-hydrogen) atoms. The molecular formula is C22H27ClN4O5. The van der Waals surface area contributed by atoms with Crippen molar-refractivity contribution in [3.8, 4) is 0 Å². The van der Waals surface area contributed by atoms with Gasteiger partial charge in [0.25, 0.3) is 5.91 Å². The number of hydrogen-bond acceptors (Lipinski definition) is 5. The second-order valence-corrected chi connectivity index (χ2v) is 10.1. The Hall–Kier alpha value is -2.81. The first-order chi connectivity index (χ1) is 15.0. The third-order valence-corrected chi connectivity index (χ3v) is 6.85. The van der Waals surface area contributed by atoms with Gasteiger partial charge >= 0.3 is 6.09 Å². The number of carboxylic acid groups (broad SMARTS) is 1. The molecule has 0 saturated carbocycles. The van der Waals surface area contributed by atoms with Crippen molar-refractivity contribution < 1.29 is 24.3 Å². The third-order valence-electron chi connectivity index (χ3n) is 6.55. The number of anilines is 1. The molecule has 9 nitrogen and oxygen atoms in total. The van der Waals surface area contributed by atoms with Crippen LogP contribution in [0.1, 0.15) is 49.5 Å². The number of piperidine rings is 1. The van der Waals surface area contributed by atoms with Crippen LogP contribution < -0.4 is 10.2 Å². The predicted octanol–water partition coefficient (Wildman–Crippen LogP) is 2.32. The zero-order valence-electron chi connectivity index (χ0n) is 18.4. The lowest BCUT2D eigenvalue weighted by Gasteiger charge is -2.46. The summed E-state index contributed by atoms with van der Waals surface area (Å²) in [6.07, 6.45) is -0.446. The number of carbonyl (C=O) groups is 4. The fraction of sp³-hybridized carbons (Fsp3) is 0.545. The van der Waals surface area contributed by atoms with E-state index in [9.17, 15) is 24.3 Å². The Morgan fingerprint density at radius 1 is 1.19 bits per heavy atom. The van der Waals surface area contributed by atoms with E-state index in [0.29, 0.717) is 36.6 Å². The second kappa shape index (κ2) is 7.95. The number of amides is 4. The van der Waals surface area contributed by atoms with Crippen molar-refractivity contribution in [2.45, 2.75) is 52.2 Å². The Kier molecular flexibility index (Phi) is 5.56. The summed E-state index contributed by atoms with van der Waals surface area (Å²) in [5, 5.41) is 12.2. The second-order valence-electron chi connectivity index (χ2n) is 9.67. The van der Waals surface area contributed by atoms with Gasteiger partial charge in [-0.25, -0.2) is 4.79 Å². The molecule has 1 aromatic carbocycles. The average molecular weight is 463 g/mol. The van der Waals surface area contributed by atoms with Crippen LogP contribution in [0, 0.1) is 5.41 Å². The summed E-state index contributed by atoms with van der Waals surface area (Å²) in [5.74, 6) is -1.10. The Balaban J connectivity index is 1.59. The highest BCUT2D eigenvalue weighted by molar-refractivity contribution is 6.34. The Morgan fingerprint density at radius 2 is 1.91 bits per heavy atom. The number of carbonyl (C=O) groups excluding carboxylic acids is 3. The molecule has 10 heteroatoms. The van der Waals surface area contributed by atoms with E-state index in [4.69, 9.17) is 11.6 Å². The summed E-state index contributed by atoms with van der Waals surface area (Å²) in [4.78, 5) is 53.6. The maximum atomic E-state index is 13.0. The molecule has 3 aliphatic heterocycles. The summed E-state index contributed by atoms with van der Waals surface area (Å²) < 4.78 is 0. The van der Waals surface area contributed by atoms with E-state index < -0.39 is 18.0 Å². The molecule has 1 aromatic rings. The Bertz CT molecular complexity index is 1000. The maximum Gasteiger partial charge on any atom is 0.407 e. The molecule has 172 valence electrons. The Morgan fingerprint density at radius 3 is 2.53 bits per heavy atom. The van der Waals surface area contributed by atoms with Gasteiger partial charge in [-0.3, -0.25) is 19.7 Å². The van der Waals surface area contributed by atoms with Crippen molar-refractivity contribution in [3.05, 3.63) is 28.3 Å². The van der Waals surface area contributed by atoms with Gasteiger partial charge in [0.05, 0.1) is 16.6 Å². The van der Waals surface area contributed by atoms with Crippen LogP contribution in [0.3, 0.4) is 0 Å². The van der Waals surface area contributed by atoms with Crippen LogP contribution in [-0.4, -0.2) is 70.4 Å². The monoisotopic (exact) mass is 462 g/mol. The number of halogens is 1. The molecule has 2 N–H and O–H groups in total. The molecule has 4 amide bonds. The van der Waals surface area contributed by atoms with Crippen molar-refractivity contribution in [3.63, 3.8) is 0 Å². The standard InChI is InChI=1S/C22H27ClN4O5/c1-22(2,3)16-11-25(6-7-26(16)21(31)32)13-8-12-10-27(20(30)18(12)14(23)9-13)15-4-5-17(28)24-19(15)29/h8-9,15-16H,4-7,10-11H2,1-3H3,(H,31,32)(H,24,28,29). The highest BCUT2D eigenvalue weighted by Gasteiger charge is 2.42. The number of piperazine rings is 1. The van der Waals surface area contributed by atoms with Crippen LogP contribution in [0.4, 0.5) is 10.5 Å². The molecule has 2 fully saturated rings. The van der Waals surface area contributed by atoms with Gasteiger partial charge in [0.1, 0.15) is 6.04 Å². The largest absolute Gasteiger partial charge is 0.465 e. The third kappa shape index (κ3) is 3.90. The molecule has 0 spiro atoms. The van der Waals surface area contributed by atoms with E-state index in [-0.39, 0.29) is 36.2 Å². The minimum atomic E-state index is -0.929. The fourth-order valence-corrected chi connectivity index (χ4v) is 5.13. The fourth-order valence-electron chi connectivity index (χ4n) is 4.81. The first-order valence-electron chi connectivity index (χ1n) is 10.7. The van der Waals surface area contributed by atoms with Gasteiger partial charge in [-0.15, -0.1) is 0 Å². The van der Waals surface area contributed by atoms with Gasteiger partial charge in [0.2, 0.25) is 11.8 Å². The van der Waals surface area contributed by atoms with Crippen LogP contribution in [0.15, 0.2) is 12.1 Å². The summed E-state index contributed by atoms with van der Waals surface area (Å²) in [5.41, 5.74) is 1.69. The smallest absolute Gasteiger partial charge is 0.407 e. The first kappa shape index (κ1) is 22.4. The van der Waals surface area contributed by atoms with Gasteiger partial charge in [0, 0.05) is 38.3 Å². The van der Waals surface area contributed by atoms with Crippen molar-refractivity contribution in [2.75, 3.05) is 24.5 Å². The minimum Gasteiger partial charge on any atom is -0.465 e. The zero-order chi connectivity index (χ0) is 23.4. The number of benzene rings is 1. The van der Waals surface area contributed by atoms with Gasteiger partial charge in [0.15, 0.2) is 0 Å². The van der Waals surface area contributed by atoms with Crippen molar-refractivity contribution in [2.24, 2.45) is 5.41 Å². The van der Waals surface area contributed by atoms with E-state index in [1.807, 2.05) is 26.8 Å². The molecule has 2 unspecified atom stereocenters. The van der Waals surface area contributed by atoms with E-state index in [1.54, 1.807) is 6.07 Å². The number of nitrogens with one attached hydrogen (secondary N) is 1. The summed E-state index contributed by atoms with van der Waals surface area (Å²) in [6, 6.07) is 2.74. The lowest BCUT2D eigenvalue weighted by atomic mass is 9.84. The van der Waals surface area contributed by atoms with Crippen LogP contribution in [0.5, 0.6) is 0 Å². The topological polar surface area (TPSA) is 110 Å². The van der Waals surface area contributed by atoms with E-state index >= 15 is 0 Å². The number of nitrogens with zero attached hydrogens (tertiary/aromatic N) is 3. The van der Waals surface area contributed by atoms with Gasteiger partial charge in [-0.05, 0) is 29.5 Å². The SMILES string of the molecule is CC(C)(C)C1CN(c2cc(Cl)c3c(c2)CN(C2CCC(=O)NC2=O)C3=O)CCN1C(=O)O. The van der Waals surface area contributed by atoms with Gasteiger partial charge < -0.3 is 19.8 Å². The predicted molar refractivity (Wildman–Crippen MR) is 118 cm³/mol. The van der Waals surface area contributed by atoms with E-state index in [2.05, 4.69) is 10.2 Å². The van der Waals surface area contributed by atoms with Crippen molar-refractivity contribution in [1.29, 1.82) is 0 Å². The highest BCUT2D eigenvalue weighted by atomic mass is 35.5. The normalized spacial score (nSPS) is 24.0. The zero-order valence-corrected chi connectivity index (χ0v) is 19.1. The Labute approximate surface area is 191 Å². The molecule has 0 aromatic heterocycles. The van der Waals surface area contributed by atoms with Crippen molar-refractivity contribution >= 4 is 41.1 Å². The molecule has 0 bridgehead atoms. The van der Waals surface area contributed by atoms with E-state index in [1.165, 1.54) is 9.80 Å². The summed E-state index contributed by atoms with van der Waals surface area (Å²) in [6.45, 7) is 7.68. The molecule has 0 radical (unpaired) electrons. The number of hydrogen-bond donors (Lipinski definition) is 2. The van der Waals surface area contributed by atoms with E-state index in [0.717, 1.165) is 11.3 Å². The number of imide groups is 1. The quantitative estimate of drug-likeness (QED) is 0.652. The lowest BCUT2D eigenvalue weighted by Crippen LogP contribution is -2.59. The minimum absolute atomic E-state index is 0.192. The molecular weight excluding hydrogens is 436 g/mol. The van der Waals surface area contributed by atoms with Gasteiger partial charge in [-0.1, -0.05) is 32.4 Å². The number of fused-ring (bicyclic) bond motifs is 1. The van der Waals surface area contributed by atoms with Crippen LogP contribution in [0.2, 0.25) is 5.02 Å². The molecule has 2 saturated heterocycles. The maximum absolute atomic E-state index is 13.0. The van der Waals surface area contributed by atoms with Gasteiger partial charge in [-0.2, -0.15) is 0 Å². The average Bonchev–Trinajstić information content (AvgIpc) is 3.03. The van der Waals surface area contributed by atoms with Crippen LogP contribution >= 0.6 is 11.6 Å². The molecule has 3 heterocycles. The molecule has 4 rings (SSSR count).